The van der Waals surface area contributed by atoms with Gasteiger partial charge in [0.1, 0.15) is 12.4 Å². The van der Waals surface area contributed by atoms with Gasteiger partial charge in [-0.1, -0.05) is 30.3 Å². The van der Waals surface area contributed by atoms with Crippen molar-refractivity contribution in [1.82, 2.24) is 0 Å². The van der Waals surface area contributed by atoms with Crippen LogP contribution in [0.15, 0.2) is 48.5 Å². The van der Waals surface area contributed by atoms with Crippen molar-refractivity contribution in [3.63, 3.8) is 0 Å². The number of benzene rings is 2. The fraction of sp³-hybridized carbons (Fsp3) is 0.0769. The van der Waals surface area contributed by atoms with E-state index in [0.29, 0.717) is 12.4 Å². The Morgan fingerprint density at radius 2 is 2.00 bits per heavy atom. The average Bonchev–Trinajstić information content (AvgIpc) is 2.38. The van der Waals surface area contributed by atoms with Crippen LogP contribution >= 0.6 is 0 Å². The summed E-state index contributed by atoms with van der Waals surface area (Å²) in [5, 5.41) is 0. The van der Waals surface area contributed by atoms with Crippen molar-refractivity contribution in [3.05, 3.63) is 65.1 Å². The summed E-state index contributed by atoms with van der Waals surface area (Å²) in [6.07, 6.45) is 0. The maximum atomic E-state index is 10.9. The van der Waals surface area contributed by atoms with Gasteiger partial charge in [0, 0.05) is 0 Å². The number of ether oxygens (including phenoxy) is 1. The Kier molecular flexibility index (Phi) is 3.35. The lowest BCUT2D eigenvalue weighted by Gasteiger charge is -2.05. The molecule has 0 aliphatic heterocycles. The van der Waals surface area contributed by atoms with E-state index in [9.17, 15) is 4.91 Å². The Morgan fingerprint density at radius 1 is 1.24 bits per heavy atom. The lowest BCUT2D eigenvalue weighted by Crippen LogP contribution is -2.08. The van der Waals surface area contributed by atoms with Crippen LogP contribution in [0, 0.1) is 11.0 Å². The van der Waals surface area contributed by atoms with E-state index in [1.165, 1.54) is 0 Å². The van der Waals surface area contributed by atoms with Gasteiger partial charge in [0.2, 0.25) is 0 Å². The van der Waals surface area contributed by atoms with Crippen LogP contribution in [0.3, 0.4) is 0 Å². The standard InChI is InChI=1S/C13H12N2O2/c14-15(16)12-7-4-8-13(9-12)17-10-11-5-2-1-3-6-11/h1-6,8-9H,10H2,(H2,14,16)/q+1. The van der Waals surface area contributed by atoms with Crippen LogP contribution in [0.5, 0.6) is 5.75 Å². The molecule has 85 valence electrons. The second-order valence-electron chi connectivity index (χ2n) is 3.51. The van der Waals surface area contributed by atoms with Gasteiger partial charge in [-0.15, -0.1) is 0 Å². The molecule has 0 atom stereocenters. The van der Waals surface area contributed by atoms with Crippen LogP contribution in [0.1, 0.15) is 5.56 Å². The molecule has 4 heteroatoms. The van der Waals surface area contributed by atoms with Crippen LogP contribution in [0.4, 0.5) is 5.69 Å². The maximum Gasteiger partial charge on any atom is 0.303 e. The van der Waals surface area contributed by atoms with E-state index in [-0.39, 0.29) is 10.6 Å². The fourth-order valence-electron chi connectivity index (χ4n) is 1.39. The normalized spacial score (nSPS) is 9.88. The number of hydrazine groups is 1. The largest absolute Gasteiger partial charge is 0.489 e. The highest BCUT2D eigenvalue weighted by Gasteiger charge is 2.09. The van der Waals surface area contributed by atoms with Gasteiger partial charge in [0.25, 0.3) is 0 Å². The molecule has 1 radical (unpaired) electrons. The predicted octanol–water partition coefficient (Wildman–Crippen LogP) is 2.35. The molecule has 0 heterocycles. The maximum absolute atomic E-state index is 10.9. The summed E-state index contributed by atoms with van der Waals surface area (Å²) in [6, 6.07) is 17.4. The van der Waals surface area contributed by atoms with Crippen molar-refractivity contribution in [2.75, 3.05) is 0 Å². The molecule has 2 aromatic carbocycles. The molecule has 0 saturated carbocycles. The van der Waals surface area contributed by atoms with E-state index in [1.54, 1.807) is 18.2 Å². The molecule has 0 aromatic heterocycles. The molecule has 0 amide bonds. The highest BCUT2D eigenvalue weighted by molar-refractivity contribution is 5.36. The third kappa shape index (κ3) is 3.04. The summed E-state index contributed by atoms with van der Waals surface area (Å²) in [7, 11) is 0. The quantitative estimate of drug-likeness (QED) is 0.496. The van der Waals surface area contributed by atoms with E-state index in [2.05, 4.69) is 6.07 Å². The second-order valence-corrected chi connectivity index (χ2v) is 3.51. The van der Waals surface area contributed by atoms with E-state index in [1.807, 2.05) is 30.3 Å². The van der Waals surface area contributed by atoms with Gasteiger partial charge in [-0.3, -0.25) is 0 Å². The first kappa shape index (κ1) is 11.1. The van der Waals surface area contributed by atoms with E-state index < -0.39 is 0 Å². The van der Waals surface area contributed by atoms with Crippen molar-refractivity contribution >= 4 is 5.69 Å². The van der Waals surface area contributed by atoms with Gasteiger partial charge in [-0.2, -0.15) is 5.84 Å². The van der Waals surface area contributed by atoms with Crippen LogP contribution in [-0.2, 0) is 6.61 Å². The SMILES string of the molecule is N[N+](=O)c1[c]ccc(OCc2ccccc2)c1. The van der Waals surface area contributed by atoms with Crippen molar-refractivity contribution in [1.29, 1.82) is 0 Å². The minimum Gasteiger partial charge on any atom is -0.489 e. The molecule has 0 bridgehead atoms. The number of hydrogen-bond donors (Lipinski definition) is 1. The first-order valence-electron chi connectivity index (χ1n) is 5.16. The van der Waals surface area contributed by atoms with Crippen LogP contribution in [0.2, 0.25) is 0 Å². The average molecular weight is 228 g/mol. The molecule has 17 heavy (non-hydrogen) atoms. The molecule has 0 saturated heterocycles. The number of nitroso groups, excluding NO2 is 1. The van der Waals surface area contributed by atoms with Crippen molar-refractivity contribution in [3.8, 4) is 5.75 Å². The minimum absolute atomic E-state index is 0.246. The number of nitrogens with two attached hydrogens (primary N) is 1. The highest BCUT2D eigenvalue weighted by atomic mass is 16.5. The zero-order valence-corrected chi connectivity index (χ0v) is 9.17. The van der Waals surface area contributed by atoms with Gasteiger partial charge in [0.05, 0.1) is 17.0 Å². The molecule has 2 N–H and O–H groups in total. The second kappa shape index (κ2) is 5.12. The summed E-state index contributed by atoms with van der Waals surface area (Å²) in [5.41, 5.74) is 1.31. The van der Waals surface area contributed by atoms with Gasteiger partial charge >= 0.3 is 5.69 Å². The molecule has 0 fully saturated rings. The Labute approximate surface area is 99.2 Å². The van der Waals surface area contributed by atoms with Crippen LogP contribution in [0.25, 0.3) is 0 Å². The summed E-state index contributed by atoms with van der Waals surface area (Å²) in [5.74, 6) is 5.67. The molecule has 4 nitrogen and oxygen atoms in total. The Bertz CT molecular complexity index is 512. The lowest BCUT2D eigenvalue weighted by molar-refractivity contribution is -0.475. The van der Waals surface area contributed by atoms with Crippen molar-refractivity contribution in [2.45, 2.75) is 6.61 Å². The minimum atomic E-state index is 0.246. The molecular formula is C13H12N2O2+. The molecule has 2 rings (SSSR count). The fourth-order valence-corrected chi connectivity index (χ4v) is 1.39. The van der Waals surface area contributed by atoms with Gasteiger partial charge in [-0.05, 0) is 17.7 Å². The predicted molar refractivity (Wildman–Crippen MR) is 63.5 cm³/mol. The zero-order valence-electron chi connectivity index (χ0n) is 9.17. The molecule has 0 aliphatic carbocycles. The smallest absolute Gasteiger partial charge is 0.303 e. The van der Waals surface area contributed by atoms with Gasteiger partial charge < -0.3 is 4.74 Å². The summed E-state index contributed by atoms with van der Waals surface area (Å²) in [6.45, 7) is 0.452. The lowest BCUT2D eigenvalue weighted by atomic mass is 10.2. The first-order chi connectivity index (χ1) is 8.25. The van der Waals surface area contributed by atoms with E-state index in [4.69, 9.17) is 10.6 Å². The third-order valence-electron chi connectivity index (χ3n) is 2.24. The summed E-state index contributed by atoms with van der Waals surface area (Å²) < 4.78 is 5.54. The number of rotatable bonds is 4. The monoisotopic (exact) mass is 228 g/mol. The first-order valence-corrected chi connectivity index (χ1v) is 5.16. The van der Waals surface area contributed by atoms with E-state index in [0.717, 1.165) is 5.56 Å². The van der Waals surface area contributed by atoms with Crippen molar-refractivity contribution in [2.24, 2.45) is 5.84 Å². The number of hydrogen-bond acceptors (Lipinski definition) is 2. The molecule has 0 aliphatic rings. The Balaban J connectivity index is 2.04. The Hall–Kier alpha value is -2.36. The summed E-state index contributed by atoms with van der Waals surface area (Å²) >= 11 is 0. The van der Waals surface area contributed by atoms with Gasteiger partial charge in [0.15, 0.2) is 4.87 Å². The van der Waals surface area contributed by atoms with Crippen LogP contribution in [-0.4, -0.2) is 4.87 Å². The molecule has 0 spiro atoms. The number of nitrogens with zero attached hydrogens (tertiary/aromatic N) is 1. The highest BCUT2D eigenvalue weighted by Crippen LogP contribution is 2.18. The van der Waals surface area contributed by atoms with E-state index >= 15 is 0 Å². The third-order valence-corrected chi connectivity index (χ3v) is 2.24. The van der Waals surface area contributed by atoms with Crippen molar-refractivity contribution < 1.29 is 9.61 Å². The molecule has 0 unspecified atom stereocenters. The van der Waals surface area contributed by atoms with Gasteiger partial charge in [-0.25, -0.2) is 0 Å². The Morgan fingerprint density at radius 3 is 2.71 bits per heavy atom. The molecule has 2 aromatic rings. The summed E-state index contributed by atoms with van der Waals surface area (Å²) in [4.78, 5) is 11.1. The van der Waals surface area contributed by atoms with Crippen LogP contribution < -0.4 is 10.6 Å². The zero-order chi connectivity index (χ0) is 12.1. The topological polar surface area (TPSA) is 55.3 Å². The molecular weight excluding hydrogens is 216 g/mol.